The molecule has 4 rings (SSSR count). The van der Waals surface area contributed by atoms with Crippen LogP contribution in [0.4, 0.5) is 0 Å². The van der Waals surface area contributed by atoms with Crippen LogP contribution in [0.2, 0.25) is 5.02 Å². The molecule has 0 saturated carbocycles. The van der Waals surface area contributed by atoms with E-state index in [0.717, 1.165) is 9.47 Å². The van der Waals surface area contributed by atoms with Gasteiger partial charge in [0.05, 0.1) is 27.2 Å². The van der Waals surface area contributed by atoms with E-state index in [1.54, 1.807) is 0 Å². The molecule has 0 bridgehead atoms. The summed E-state index contributed by atoms with van der Waals surface area (Å²) in [5.41, 5.74) is -0.500. The Bertz CT molecular complexity index is 1290. The van der Waals surface area contributed by atoms with Crippen LogP contribution in [-0.4, -0.2) is 27.4 Å². The zero-order chi connectivity index (χ0) is 25.4. The fourth-order valence-corrected chi connectivity index (χ4v) is 2.49. The Morgan fingerprint density at radius 3 is 2.83 bits per heavy atom. The van der Waals surface area contributed by atoms with Gasteiger partial charge in [0.25, 0.3) is 0 Å². The zero-order valence-corrected chi connectivity index (χ0v) is 12.8. The highest BCUT2D eigenvalue weighted by molar-refractivity contribution is 6.30. The van der Waals surface area contributed by atoms with Crippen LogP contribution in [0.15, 0.2) is 48.4 Å². The number of likely N-dealkylation sites (tertiary alicyclic amines) is 1. The Hall–Kier alpha value is -1.84. The minimum Gasteiger partial charge on any atom is -0.322 e. The number of fused-ring (bicyclic) bond motifs is 1. The van der Waals surface area contributed by atoms with Crippen LogP contribution >= 0.6 is 11.6 Å². The Morgan fingerprint density at radius 2 is 2.00 bits per heavy atom. The van der Waals surface area contributed by atoms with E-state index in [0.29, 0.717) is 0 Å². The summed E-state index contributed by atoms with van der Waals surface area (Å²) >= 11 is 5.92. The van der Waals surface area contributed by atoms with Gasteiger partial charge in [-0.15, -0.1) is 0 Å². The number of imidazole rings is 1. The summed E-state index contributed by atoms with van der Waals surface area (Å²) in [5, 5.41) is 0.0932. The lowest BCUT2D eigenvalue weighted by atomic mass is 10.2. The summed E-state index contributed by atoms with van der Waals surface area (Å²) in [6, 6.07) is 1.55. The molecule has 1 fully saturated rings. The van der Waals surface area contributed by atoms with Gasteiger partial charge in [0.2, 0.25) is 0 Å². The van der Waals surface area contributed by atoms with Crippen molar-refractivity contribution in [2.24, 2.45) is 0 Å². The molecule has 0 atom stereocenters. The molecule has 0 spiro atoms. The number of hydrogen-bond acceptors (Lipinski definition) is 2. The normalized spacial score (nSPS) is 27.4. The molecule has 4 heteroatoms. The van der Waals surface area contributed by atoms with Crippen LogP contribution in [0, 0.1) is 0 Å². The van der Waals surface area contributed by atoms with Crippen LogP contribution in [-0.2, 0) is 13.0 Å². The van der Waals surface area contributed by atoms with Crippen molar-refractivity contribution in [1.82, 2.24) is 14.5 Å². The van der Waals surface area contributed by atoms with E-state index < -0.39 is 50.2 Å². The molecule has 118 valence electrons. The van der Waals surface area contributed by atoms with Crippen LogP contribution in [0.3, 0.4) is 0 Å². The first-order valence-corrected chi connectivity index (χ1v) is 7.50. The van der Waals surface area contributed by atoms with Crippen molar-refractivity contribution in [3.63, 3.8) is 0 Å². The molecule has 0 unspecified atom stereocenters. The van der Waals surface area contributed by atoms with Crippen molar-refractivity contribution in [3.8, 4) is 0 Å². The summed E-state index contributed by atoms with van der Waals surface area (Å²) in [5.74, 6) is -0.178. The molecule has 2 heterocycles. The Labute approximate surface area is 157 Å². The molecular weight excluding hydrogens is 306 g/mol. The van der Waals surface area contributed by atoms with Gasteiger partial charge in [0, 0.05) is 17.0 Å². The highest BCUT2D eigenvalue weighted by Crippen LogP contribution is 2.21. The highest BCUT2D eigenvalue weighted by atomic mass is 35.5. The minimum absolute atomic E-state index is 0.0395. The van der Waals surface area contributed by atoms with Crippen molar-refractivity contribution < 1.29 is 15.1 Å². The third-order valence-corrected chi connectivity index (χ3v) is 3.65. The first-order valence-electron chi connectivity index (χ1n) is 12.6. The number of para-hydroxylation sites is 2. The Balaban J connectivity index is 2.03. The van der Waals surface area contributed by atoms with E-state index in [2.05, 4.69) is 4.98 Å². The number of aromatic nitrogens is 2. The van der Waals surface area contributed by atoms with Crippen molar-refractivity contribution in [2.45, 2.75) is 25.9 Å². The van der Waals surface area contributed by atoms with Crippen molar-refractivity contribution >= 4 is 22.6 Å². The van der Waals surface area contributed by atoms with Gasteiger partial charge in [0.15, 0.2) is 0 Å². The van der Waals surface area contributed by atoms with E-state index in [4.69, 9.17) is 26.7 Å². The van der Waals surface area contributed by atoms with Gasteiger partial charge in [-0.25, -0.2) is 4.98 Å². The molecule has 0 amide bonds. The summed E-state index contributed by atoms with van der Waals surface area (Å²) in [6.07, 6.45) is -0.179. The third-order valence-electron chi connectivity index (χ3n) is 3.42. The molecule has 2 aromatic carbocycles. The molecule has 3 aromatic rings. The number of nitrogens with zero attached hydrogens (tertiary/aromatic N) is 3. The third kappa shape index (κ3) is 3.12. The SMILES string of the molecule is [2H]c1cc(C([2H])([2H])n2c(CN3C([2H])([2H])CCC3([2H])[2H])nc3c([2H])c([2H])c([2H])c([2H])c32)ccc1Cl. The maximum absolute atomic E-state index is 8.88. The quantitative estimate of drug-likeness (QED) is 0.707. The summed E-state index contributed by atoms with van der Waals surface area (Å²) in [7, 11) is 0. The Kier molecular flexibility index (Phi) is 1.92. The fourth-order valence-electron chi connectivity index (χ4n) is 2.37. The molecule has 1 aliphatic rings. The standard InChI is InChI=1S/C19H20ClN3/c20-16-9-7-15(8-10-16)13-23-18-6-2-1-5-17(18)21-19(23)14-22-11-3-4-12-22/h1-2,5-10H,3-4,11-14H2/i1D,2D,5D,6D,9D,11D2,12D2,13D2. The maximum Gasteiger partial charge on any atom is 0.124 e. The second kappa shape index (κ2) is 6.34. The largest absolute Gasteiger partial charge is 0.322 e. The van der Waals surface area contributed by atoms with Crippen LogP contribution in [0.5, 0.6) is 0 Å². The fraction of sp³-hybridized carbons (Fsp3) is 0.316. The lowest BCUT2D eigenvalue weighted by molar-refractivity contribution is 0.318. The lowest BCUT2D eigenvalue weighted by Crippen LogP contribution is -2.21. The van der Waals surface area contributed by atoms with E-state index in [1.807, 2.05) is 0 Å². The lowest BCUT2D eigenvalue weighted by Gasteiger charge is -2.16. The van der Waals surface area contributed by atoms with Gasteiger partial charge in [0.1, 0.15) is 5.82 Å². The van der Waals surface area contributed by atoms with E-state index >= 15 is 0 Å². The molecule has 1 aromatic heterocycles. The summed E-state index contributed by atoms with van der Waals surface area (Å²) in [4.78, 5) is 5.18. The monoisotopic (exact) mass is 336 g/mol. The minimum atomic E-state index is -2.50. The molecule has 0 radical (unpaired) electrons. The predicted molar refractivity (Wildman–Crippen MR) is 94.8 cm³/mol. The molecule has 23 heavy (non-hydrogen) atoms. The van der Waals surface area contributed by atoms with Gasteiger partial charge in [-0.05, 0) is 55.6 Å². The summed E-state index contributed by atoms with van der Waals surface area (Å²) < 4.78 is 92.2. The molecule has 0 aliphatic carbocycles. The number of hydrogen-bond donors (Lipinski definition) is 0. The number of halogens is 1. The average molecular weight is 337 g/mol. The highest BCUT2D eigenvalue weighted by Gasteiger charge is 2.17. The first kappa shape index (κ1) is 6.96. The van der Waals surface area contributed by atoms with E-state index in [1.165, 1.54) is 18.2 Å². The van der Waals surface area contributed by atoms with Gasteiger partial charge < -0.3 is 4.57 Å². The van der Waals surface area contributed by atoms with E-state index in [9.17, 15) is 0 Å². The van der Waals surface area contributed by atoms with Gasteiger partial charge in [-0.2, -0.15) is 0 Å². The van der Waals surface area contributed by atoms with Crippen LogP contribution in [0.25, 0.3) is 11.0 Å². The van der Waals surface area contributed by atoms with E-state index in [-0.39, 0.29) is 46.3 Å². The number of benzene rings is 2. The zero-order valence-electron chi connectivity index (χ0n) is 23.1. The second-order valence-electron chi connectivity index (χ2n) is 5.00. The van der Waals surface area contributed by atoms with Crippen molar-refractivity contribution in [2.75, 3.05) is 13.0 Å². The molecule has 0 N–H and O–H groups in total. The predicted octanol–water partition coefficient (Wildman–Crippen LogP) is 4.33. The van der Waals surface area contributed by atoms with Crippen LogP contribution in [0.1, 0.15) is 39.3 Å². The molecular formula is C19H20ClN3. The molecule has 3 nitrogen and oxygen atoms in total. The van der Waals surface area contributed by atoms with Crippen LogP contribution < -0.4 is 0 Å². The molecule has 1 saturated heterocycles. The summed E-state index contributed by atoms with van der Waals surface area (Å²) in [6.45, 7) is -7.10. The topological polar surface area (TPSA) is 21.1 Å². The van der Waals surface area contributed by atoms with Crippen molar-refractivity contribution in [3.05, 3.63) is 64.8 Å². The smallest absolute Gasteiger partial charge is 0.124 e. The maximum atomic E-state index is 8.88. The Morgan fingerprint density at radius 1 is 1.17 bits per heavy atom. The average Bonchev–Trinajstić information content (AvgIpc) is 3.24. The van der Waals surface area contributed by atoms with Gasteiger partial charge >= 0.3 is 0 Å². The molecule has 1 aliphatic heterocycles. The first-order chi connectivity index (χ1) is 15.6. The second-order valence-corrected chi connectivity index (χ2v) is 5.41. The number of rotatable bonds is 4. The van der Waals surface area contributed by atoms with Gasteiger partial charge in [-0.1, -0.05) is 35.8 Å². The van der Waals surface area contributed by atoms with Crippen molar-refractivity contribution in [1.29, 1.82) is 0 Å². The van der Waals surface area contributed by atoms with Gasteiger partial charge in [-0.3, -0.25) is 4.90 Å².